The fourth-order valence-corrected chi connectivity index (χ4v) is 3.19. The Kier molecular flexibility index (Phi) is 5.49. The molecule has 2 rings (SSSR count). The molecule has 0 spiro atoms. The van der Waals surface area contributed by atoms with Gasteiger partial charge in [-0.05, 0) is 30.7 Å². The highest BCUT2D eigenvalue weighted by molar-refractivity contribution is 7.99. The largest absolute Gasteiger partial charge is 0.387 e. The molecule has 0 aliphatic carbocycles. The number of nitriles is 1. The zero-order valence-corrected chi connectivity index (χ0v) is 13.5. The van der Waals surface area contributed by atoms with Crippen LogP contribution in [0.25, 0.3) is 0 Å². The summed E-state index contributed by atoms with van der Waals surface area (Å²) >= 11 is 13.2. The first-order valence-electron chi connectivity index (χ1n) is 6.14. The van der Waals surface area contributed by atoms with Gasteiger partial charge in [0, 0.05) is 27.6 Å². The summed E-state index contributed by atoms with van der Waals surface area (Å²) in [7, 11) is 0. The van der Waals surface area contributed by atoms with Crippen LogP contribution in [0.4, 0.5) is 0 Å². The van der Waals surface area contributed by atoms with E-state index in [1.807, 2.05) is 6.92 Å². The number of rotatable bonds is 4. The van der Waals surface area contributed by atoms with Gasteiger partial charge in [0.25, 0.3) is 0 Å². The maximum Gasteiger partial charge on any atom is 0.114 e. The van der Waals surface area contributed by atoms with Crippen LogP contribution in [0.3, 0.4) is 0 Å². The first-order valence-corrected chi connectivity index (χ1v) is 7.88. The van der Waals surface area contributed by atoms with Crippen LogP contribution in [0.2, 0.25) is 10.0 Å². The van der Waals surface area contributed by atoms with E-state index in [4.69, 9.17) is 28.5 Å². The van der Waals surface area contributed by atoms with E-state index in [1.54, 1.807) is 30.5 Å². The molecule has 0 unspecified atom stereocenters. The highest BCUT2D eigenvalue weighted by atomic mass is 35.5. The SMILES string of the molecule is Cc1cnc(SC[C@@H](O)c2ccc(Cl)cc2Cl)c(C#N)c1. The van der Waals surface area contributed by atoms with Crippen LogP contribution in [0.5, 0.6) is 0 Å². The average Bonchev–Trinajstić information content (AvgIpc) is 2.45. The molecule has 21 heavy (non-hydrogen) atoms. The van der Waals surface area contributed by atoms with Crippen molar-refractivity contribution in [1.82, 2.24) is 4.98 Å². The van der Waals surface area contributed by atoms with Crippen LogP contribution in [-0.4, -0.2) is 15.8 Å². The van der Waals surface area contributed by atoms with Crippen molar-refractivity contribution < 1.29 is 5.11 Å². The molecule has 0 saturated heterocycles. The fourth-order valence-electron chi connectivity index (χ4n) is 1.77. The van der Waals surface area contributed by atoms with Crippen LogP contribution in [0.1, 0.15) is 22.8 Å². The zero-order chi connectivity index (χ0) is 15.4. The lowest BCUT2D eigenvalue weighted by Gasteiger charge is -2.13. The van der Waals surface area contributed by atoms with Gasteiger partial charge in [0.15, 0.2) is 0 Å². The number of hydrogen-bond donors (Lipinski definition) is 1. The third kappa shape index (κ3) is 4.12. The Morgan fingerprint density at radius 3 is 2.81 bits per heavy atom. The number of pyridine rings is 1. The second-order valence-electron chi connectivity index (χ2n) is 4.47. The first kappa shape index (κ1) is 16.1. The molecule has 2 aromatic rings. The van der Waals surface area contributed by atoms with E-state index >= 15 is 0 Å². The van der Waals surface area contributed by atoms with E-state index in [1.165, 1.54) is 11.8 Å². The smallest absolute Gasteiger partial charge is 0.114 e. The number of halogens is 2. The van der Waals surface area contributed by atoms with E-state index in [0.717, 1.165) is 5.56 Å². The van der Waals surface area contributed by atoms with Crippen molar-refractivity contribution in [3.05, 3.63) is 57.2 Å². The molecule has 108 valence electrons. The maximum absolute atomic E-state index is 10.2. The molecule has 0 bridgehead atoms. The number of nitrogens with zero attached hydrogens (tertiary/aromatic N) is 2. The van der Waals surface area contributed by atoms with E-state index in [-0.39, 0.29) is 0 Å². The van der Waals surface area contributed by atoms with Crippen molar-refractivity contribution in [2.75, 3.05) is 5.75 Å². The predicted octanol–water partition coefficient (Wildman–Crippen LogP) is 4.39. The fraction of sp³-hybridized carbons (Fsp3) is 0.200. The minimum atomic E-state index is -0.755. The second kappa shape index (κ2) is 7.15. The van der Waals surface area contributed by atoms with Crippen LogP contribution in [0.15, 0.2) is 35.5 Å². The van der Waals surface area contributed by atoms with Crippen molar-refractivity contribution in [3.63, 3.8) is 0 Å². The number of benzene rings is 1. The molecule has 0 saturated carbocycles. The third-order valence-corrected chi connectivity index (χ3v) is 4.45. The maximum atomic E-state index is 10.2. The van der Waals surface area contributed by atoms with Gasteiger partial charge in [-0.3, -0.25) is 0 Å². The molecule has 0 radical (unpaired) electrons. The normalized spacial score (nSPS) is 12.0. The number of aliphatic hydroxyl groups is 1. The minimum absolute atomic E-state index is 0.353. The molecule has 0 amide bonds. The molecule has 3 nitrogen and oxygen atoms in total. The van der Waals surface area contributed by atoms with Gasteiger partial charge in [-0.15, -0.1) is 11.8 Å². The zero-order valence-electron chi connectivity index (χ0n) is 11.2. The van der Waals surface area contributed by atoms with E-state index < -0.39 is 6.10 Å². The van der Waals surface area contributed by atoms with Crippen LogP contribution >= 0.6 is 35.0 Å². The molecule has 1 N–H and O–H groups in total. The predicted molar refractivity (Wildman–Crippen MR) is 85.8 cm³/mol. The Hall–Kier alpha value is -1.25. The van der Waals surface area contributed by atoms with Crippen molar-refractivity contribution >= 4 is 35.0 Å². The standard InChI is InChI=1S/C15H12Cl2N2OS/c1-9-4-10(6-18)15(19-7-9)21-8-14(20)12-3-2-11(16)5-13(12)17/h2-5,7,14,20H,8H2,1H3/t14-/m1/s1. The van der Waals surface area contributed by atoms with Crippen molar-refractivity contribution in [3.8, 4) is 6.07 Å². The number of aliphatic hydroxyl groups excluding tert-OH is 1. The highest BCUT2D eigenvalue weighted by Gasteiger charge is 2.14. The van der Waals surface area contributed by atoms with E-state index in [2.05, 4.69) is 11.1 Å². The summed E-state index contributed by atoms with van der Waals surface area (Å²) in [6, 6.07) is 8.86. The molecule has 6 heteroatoms. The third-order valence-electron chi connectivity index (χ3n) is 2.81. The number of thioether (sulfide) groups is 1. The Labute approximate surface area is 137 Å². The molecular weight excluding hydrogens is 327 g/mol. The second-order valence-corrected chi connectivity index (χ2v) is 6.32. The molecule has 0 aliphatic rings. The van der Waals surface area contributed by atoms with Gasteiger partial charge >= 0.3 is 0 Å². The molecule has 1 atom stereocenters. The summed E-state index contributed by atoms with van der Waals surface area (Å²) in [5.74, 6) is 0.353. The molecule has 1 aromatic carbocycles. The van der Waals surface area contributed by atoms with Crippen molar-refractivity contribution in [2.45, 2.75) is 18.1 Å². The lowest BCUT2D eigenvalue weighted by Crippen LogP contribution is -2.02. The van der Waals surface area contributed by atoms with Gasteiger partial charge in [0.2, 0.25) is 0 Å². The molecule has 1 heterocycles. The Balaban J connectivity index is 2.11. The van der Waals surface area contributed by atoms with Crippen LogP contribution in [0, 0.1) is 18.3 Å². The quantitative estimate of drug-likeness (QED) is 0.839. The number of aryl methyl sites for hydroxylation is 1. The number of hydrogen-bond acceptors (Lipinski definition) is 4. The van der Waals surface area contributed by atoms with E-state index in [9.17, 15) is 5.11 Å². The summed E-state index contributed by atoms with van der Waals surface area (Å²) in [6.07, 6.45) is 0.944. The van der Waals surface area contributed by atoms with Gasteiger partial charge in [0.1, 0.15) is 11.1 Å². The lowest BCUT2D eigenvalue weighted by molar-refractivity contribution is 0.204. The summed E-state index contributed by atoms with van der Waals surface area (Å²) < 4.78 is 0. The van der Waals surface area contributed by atoms with Gasteiger partial charge in [-0.1, -0.05) is 29.3 Å². The molecule has 0 fully saturated rings. The van der Waals surface area contributed by atoms with Gasteiger partial charge < -0.3 is 5.11 Å². The average molecular weight is 339 g/mol. The molecule has 0 aliphatic heterocycles. The molecular formula is C15H12Cl2N2OS. The Bertz CT molecular complexity index is 701. The lowest BCUT2D eigenvalue weighted by atomic mass is 10.1. The number of aromatic nitrogens is 1. The van der Waals surface area contributed by atoms with E-state index in [0.29, 0.717) is 32.0 Å². The van der Waals surface area contributed by atoms with Gasteiger partial charge in [0.05, 0.1) is 11.7 Å². The van der Waals surface area contributed by atoms with Gasteiger partial charge in [-0.25, -0.2) is 4.98 Å². The van der Waals surface area contributed by atoms with Crippen molar-refractivity contribution in [2.24, 2.45) is 0 Å². The monoisotopic (exact) mass is 338 g/mol. The Morgan fingerprint density at radius 1 is 1.38 bits per heavy atom. The van der Waals surface area contributed by atoms with Gasteiger partial charge in [-0.2, -0.15) is 5.26 Å². The topological polar surface area (TPSA) is 56.9 Å². The summed E-state index contributed by atoms with van der Waals surface area (Å²) in [4.78, 5) is 4.23. The highest BCUT2D eigenvalue weighted by Crippen LogP contribution is 2.31. The summed E-state index contributed by atoms with van der Waals surface area (Å²) in [5.41, 5.74) is 2.05. The first-order chi connectivity index (χ1) is 10.0. The van der Waals surface area contributed by atoms with Crippen LogP contribution in [-0.2, 0) is 0 Å². The Morgan fingerprint density at radius 2 is 2.14 bits per heavy atom. The van der Waals surface area contributed by atoms with Crippen LogP contribution < -0.4 is 0 Å². The summed E-state index contributed by atoms with van der Waals surface area (Å²) in [5, 5.41) is 20.9. The minimum Gasteiger partial charge on any atom is -0.387 e. The molecule has 1 aromatic heterocycles. The van der Waals surface area contributed by atoms with Crippen molar-refractivity contribution in [1.29, 1.82) is 5.26 Å². The summed E-state index contributed by atoms with van der Waals surface area (Å²) in [6.45, 7) is 1.88.